The summed E-state index contributed by atoms with van der Waals surface area (Å²) >= 11 is 0. The molecule has 112 valence electrons. The quantitative estimate of drug-likeness (QED) is 0.768. The summed E-state index contributed by atoms with van der Waals surface area (Å²) < 4.78 is 5.40. The molecule has 0 aliphatic carbocycles. The molecule has 0 bridgehead atoms. The van der Waals surface area contributed by atoms with Crippen molar-refractivity contribution < 1.29 is 9.53 Å². The fourth-order valence-electron chi connectivity index (χ4n) is 2.12. The minimum Gasteiger partial charge on any atom is -0.492 e. The van der Waals surface area contributed by atoms with Gasteiger partial charge in [0, 0.05) is 18.2 Å². The first-order valence-corrected chi connectivity index (χ1v) is 7.32. The Kier molecular flexibility index (Phi) is 7.09. The van der Waals surface area contributed by atoms with Crippen molar-refractivity contribution in [2.75, 3.05) is 18.5 Å². The van der Waals surface area contributed by atoms with E-state index in [-0.39, 0.29) is 11.8 Å². The maximum absolute atomic E-state index is 12.2. The molecule has 1 unspecified atom stereocenters. The topological polar surface area (TPSA) is 64.3 Å². The third kappa shape index (κ3) is 5.21. The van der Waals surface area contributed by atoms with Gasteiger partial charge in [-0.3, -0.25) is 4.79 Å². The zero-order valence-electron chi connectivity index (χ0n) is 12.7. The lowest BCUT2D eigenvalue weighted by Crippen LogP contribution is -2.26. The highest BCUT2D eigenvalue weighted by Crippen LogP contribution is 2.21. The second kappa shape index (κ2) is 8.59. The predicted molar refractivity (Wildman–Crippen MR) is 82.9 cm³/mol. The summed E-state index contributed by atoms with van der Waals surface area (Å²) in [4.78, 5) is 12.2. The van der Waals surface area contributed by atoms with E-state index >= 15 is 0 Å². The number of anilines is 1. The molecule has 1 atom stereocenters. The third-order valence-corrected chi connectivity index (χ3v) is 3.25. The smallest absolute Gasteiger partial charge is 0.227 e. The molecule has 0 fully saturated rings. The number of benzene rings is 1. The van der Waals surface area contributed by atoms with E-state index in [1.165, 1.54) is 0 Å². The summed E-state index contributed by atoms with van der Waals surface area (Å²) in [5, 5.41) is 2.97. The van der Waals surface area contributed by atoms with Crippen LogP contribution in [-0.2, 0) is 4.79 Å². The number of rotatable bonds is 8. The van der Waals surface area contributed by atoms with Crippen molar-refractivity contribution >= 4 is 11.6 Å². The number of ether oxygens (including phenoxy) is 1. The summed E-state index contributed by atoms with van der Waals surface area (Å²) in [6, 6.07) is 7.39. The average Bonchev–Trinajstić information content (AvgIpc) is 2.43. The van der Waals surface area contributed by atoms with Crippen molar-refractivity contribution in [1.82, 2.24) is 0 Å². The molecule has 3 N–H and O–H groups in total. The SMILES string of the molecule is CCCC(C(=O)Nc1ccc(OCCN)cc1)C(C)C. The second-order valence-electron chi connectivity index (χ2n) is 5.29. The van der Waals surface area contributed by atoms with Crippen LogP contribution in [0.3, 0.4) is 0 Å². The Balaban J connectivity index is 2.60. The average molecular weight is 278 g/mol. The Morgan fingerprint density at radius 2 is 1.95 bits per heavy atom. The van der Waals surface area contributed by atoms with Crippen molar-refractivity contribution in [2.45, 2.75) is 33.6 Å². The molecule has 0 radical (unpaired) electrons. The molecular formula is C16H26N2O2. The van der Waals surface area contributed by atoms with Crippen LogP contribution in [0.15, 0.2) is 24.3 Å². The van der Waals surface area contributed by atoms with E-state index in [1.807, 2.05) is 24.3 Å². The molecule has 0 heterocycles. The number of carbonyl (C=O) groups is 1. The Morgan fingerprint density at radius 1 is 1.30 bits per heavy atom. The molecule has 0 saturated heterocycles. The summed E-state index contributed by atoms with van der Waals surface area (Å²) in [5.74, 6) is 1.27. The number of nitrogens with one attached hydrogen (secondary N) is 1. The highest BCUT2D eigenvalue weighted by Gasteiger charge is 2.21. The fraction of sp³-hybridized carbons (Fsp3) is 0.562. The molecule has 4 nitrogen and oxygen atoms in total. The first-order chi connectivity index (χ1) is 9.58. The van der Waals surface area contributed by atoms with Crippen LogP contribution in [0.2, 0.25) is 0 Å². The molecule has 1 aromatic carbocycles. The molecule has 20 heavy (non-hydrogen) atoms. The van der Waals surface area contributed by atoms with Gasteiger partial charge in [-0.05, 0) is 36.6 Å². The van der Waals surface area contributed by atoms with Gasteiger partial charge in [-0.15, -0.1) is 0 Å². The van der Waals surface area contributed by atoms with E-state index in [0.717, 1.165) is 24.3 Å². The van der Waals surface area contributed by atoms with Gasteiger partial charge in [0.1, 0.15) is 12.4 Å². The summed E-state index contributed by atoms with van der Waals surface area (Å²) in [7, 11) is 0. The van der Waals surface area contributed by atoms with Gasteiger partial charge in [0.25, 0.3) is 0 Å². The van der Waals surface area contributed by atoms with Crippen LogP contribution in [0, 0.1) is 11.8 Å². The van der Waals surface area contributed by atoms with Gasteiger partial charge in [-0.1, -0.05) is 27.2 Å². The Morgan fingerprint density at radius 3 is 2.45 bits per heavy atom. The van der Waals surface area contributed by atoms with Crippen LogP contribution in [0.25, 0.3) is 0 Å². The van der Waals surface area contributed by atoms with Crippen LogP contribution in [0.5, 0.6) is 5.75 Å². The standard InChI is InChI=1S/C16H26N2O2/c1-4-5-15(12(2)3)16(19)18-13-6-8-14(9-7-13)20-11-10-17/h6-9,12,15H,4-5,10-11,17H2,1-3H3,(H,18,19). The lowest BCUT2D eigenvalue weighted by atomic mass is 9.90. The van der Waals surface area contributed by atoms with Crippen LogP contribution in [-0.4, -0.2) is 19.1 Å². The Labute approximate surface area is 121 Å². The number of nitrogens with two attached hydrogens (primary N) is 1. The molecule has 0 aromatic heterocycles. The lowest BCUT2D eigenvalue weighted by Gasteiger charge is -2.19. The van der Waals surface area contributed by atoms with Crippen molar-refractivity contribution in [3.8, 4) is 5.75 Å². The number of hydrogen-bond donors (Lipinski definition) is 2. The van der Waals surface area contributed by atoms with Crippen molar-refractivity contribution in [3.63, 3.8) is 0 Å². The third-order valence-electron chi connectivity index (χ3n) is 3.25. The van der Waals surface area contributed by atoms with E-state index in [4.69, 9.17) is 10.5 Å². The van der Waals surface area contributed by atoms with Gasteiger partial charge in [0.2, 0.25) is 5.91 Å². The predicted octanol–water partition coefficient (Wildman–Crippen LogP) is 3.03. The van der Waals surface area contributed by atoms with E-state index in [1.54, 1.807) is 0 Å². The highest BCUT2D eigenvalue weighted by atomic mass is 16.5. The van der Waals surface area contributed by atoms with Crippen molar-refractivity contribution in [3.05, 3.63) is 24.3 Å². The minimum absolute atomic E-state index is 0.0631. The van der Waals surface area contributed by atoms with Gasteiger partial charge in [0.15, 0.2) is 0 Å². The monoisotopic (exact) mass is 278 g/mol. The number of hydrogen-bond acceptors (Lipinski definition) is 3. The molecule has 0 aliphatic heterocycles. The number of carbonyl (C=O) groups excluding carboxylic acids is 1. The summed E-state index contributed by atoms with van der Waals surface area (Å²) in [6.45, 7) is 7.27. The van der Waals surface area contributed by atoms with E-state index in [0.29, 0.717) is 19.1 Å². The summed E-state index contributed by atoms with van der Waals surface area (Å²) in [6.07, 6.45) is 1.93. The van der Waals surface area contributed by atoms with Crippen LogP contribution in [0.4, 0.5) is 5.69 Å². The van der Waals surface area contributed by atoms with Gasteiger partial charge in [-0.25, -0.2) is 0 Å². The molecule has 0 spiro atoms. The van der Waals surface area contributed by atoms with Gasteiger partial charge < -0.3 is 15.8 Å². The Bertz CT molecular complexity index is 401. The van der Waals surface area contributed by atoms with Gasteiger partial charge in [0.05, 0.1) is 0 Å². The van der Waals surface area contributed by atoms with E-state index in [2.05, 4.69) is 26.1 Å². The normalized spacial score (nSPS) is 12.2. The lowest BCUT2D eigenvalue weighted by molar-refractivity contribution is -0.121. The fourth-order valence-corrected chi connectivity index (χ4v) is 2.12. The van der Waals surface area contributed by atoms with Gasteiger partial charge in [-0.2, -0.15) is 0 Å². The minimum atomic E-state index is 0.0631. The second-order valence-corrected chi connectivity index (χ2v) is 5.29. The molecule has 4 heteroatoms. The molecule has 1 amide bonds. The van der Waals surface area contributed by atoms with Crippen LogP contribution < -0.4 is 15.8 Å². The highest BCUT2D eigenvalue weighted by molar-refractivity contribution is 5.92. The summed E-state index contributed by atoms with van der Waals surface area (Å²) in [5.41, 5.74) is 6.18. The maximum atomic E-state index is 12.2. The first kappa shape index (κ1) is 16.5. The first-order valence-electron chi connectivity index (χ1n) is 7.32. The molecular weight excluding hydrogens is 252 g/mol. The zero-order chi connectivity index (χ0) is 15.0. The molecule has 1 aromatic rings. The van der Waals surface area contributed by atoms with Crippen LogP contribution >= 0.6 is 0 Å². The van der Waals surface area contributed by atoms with Crippen LogP contribution in [0.1, 0.15) is 33.6 Å². The van der Waals surface area contributed by atoms with E-state index < -0.39 is 0 Å². The molecule has 1 rings (SSSR count). The van der Waals surface area contributed by atoms with E-state index in [9.17, 15) is 4.79 Å². The maximum Gasteiger partial charge on any atom is 0.227 e. The number of amides is 1. The Hall–Kier alpha value is -1.55. The largest absolute Gasteiger partial charge is 0.492 e. The van der Waals surface area contributed by atoms with Crippen molar-refractivity contribution in [1.29, 1.82) is 0 Å². The molecule has 0 saturated carbocycles. The van der Waals surface area contributed by atoms with Gasteiger partial charge >= 0.3 is 0 Å². The van der Waals surface area contributed by atoms with Crippen molar-refractivity contribution in [2.24, 2.45) is 17.6 Å². The zero-order valence-corrected chi connectivity index (χ0v) is 12.7. The molecule has 0 aliphatic rings.